The van der Waals surface area contributed by atoms with E-state index in [4.69, 9.17) is 0 Å². The third-order valence-corrected chi connectivity index (χ3v) is 3.87. The molecule has 1 rings (SSSR count). The van der Waals surface area contributed by atoms with Crippen LogP contribution in [0.4, 0.5) is 0 Å². The molecule has 1 fully saturated rings. The smallest absolute Gasteiger partial charge is 0.0195 e. The minimum absolute atomic E-state index is 0.758. The topological polar surface area (TPSA) is 15.3 Å². The molecular formula is C14H30N2. The summed E-state index contributed by atoms with van der Waals surface area (Å²) in [4.78, 5) is 2.65. The van der Waals surface area contributed by atoms with Crippen LogP contribution in [-0.4, -0.2) is 36.6 Å². The highest BCUT2D eigenvalue weighted by molar-refractivity contribution is 4.79. The number of nitrogens with one attached hydrogen (secondary N) is 1. The SMILES string of the molecule is CCCCCC(C)N(CC)CC1CCCN1. The molecule has 1 aliphatic rings. The van der Waals surface area contributed by atoms with Crippen molar-refractivity contribution in [1.29, 1.82) is 0 Å². The van der Waals surface area contributed by atoms with Crippen molar-refractivity contribution in [1.82, 2.24) is 10.2 Å². The van der Waals surface area contributed by atoms with Crippen LogP contribution >= 0.6 is 0 Å². The van der Waals surface area contributed by atoms with Crippen LogP contribution in [-0.2, 0) is 0 Å². The summed E-state index contributed by atoms with van der Waals surface area (Å²) >= 11 is 0. The van der Waals surface area contributed by atoms with Crippen LogP contribution in [0.5, 0.6) is 0 Å². The van der Waals surface area contributed by atoms with Gasteiger partial charge in [-0.25, -0.2) is 0 Å². The first-order chi connectivity index (χ1) is 7.77. The second-order valence-electron chi connectivity index (χ2n) is 5.23. The number of hydrogen-bond acceptors (Lipinski definition) is 2. The van der Waals surface area contributed by atoms with E-state index in [1.54, 1.807) is 0 Å². The van der Waals surface area contributed by atoms with Gasteiger partial charge >= 0.3 is 0 Å². The van der Waals surface area contributed by atoms with Crippen LogP contribution < -0.4 is 5.32 Å². The fraction of sp³-hybridized carbons (Fsp3) is 1.00. The highest BCUT2D eigenvalue weighted by Gasteiger charge is 2.19. The molecule has 16 heavy (non-hydrogen) atoms. The first kappa shape index (κ1) is 14.0. The van der Waals surface area contributed by atoms with E-state index in [9.17, 15) is 0 Å². The number of nitrogens with zero attached hydrogens (tertiary/aromatic N) is 1. The quantitative estimate of drug-likeness (QED) is 0.640. The van der Waals surface area contributed by atoms with Gasteiger partial charge in [0, 0.05) is 18.6 Å². The van der Waals surface area contributed by atoms with Gasteiger partial charge in [0.1, 0.15) is 0 Å². The molecule has 0 aromatic rings. The number of unbranched alkanes of at least 4 members (excludes halogenated alkanes) is 2. The van der Waals surface area contributed by atoms with E-state index < -0.39 is 0 Å². The van der Waals surface area contributed by atoms with E-state index in [2.05, 4.69) is 31.0 Å². The lowest BCUT2D eigenvalue weighted by Gasteiger charge is -2.30. The maximum Gasteiger partial charge on any atom is 0.0195 e. The van der Waals surface area contributed by atoms with Gasteiger partial charge < -0.3 is 5.32 Å². The Morgan fingerprint density at radius 1 is 1.31 bits per heavy atom. The molecule has 1 heterocycles. The predicted molar refractivity (Wildman–Crippen MR) is 71.9 cm³/mol. The van der Waals surface area contributed by atoms with Gasteiger partial charge in [-0.15, -0.1) is 0 Å². The molecule has 2 heteroatoms. The Kier molecular flexibility index (Phi) is 7.06. The lowest BCUT2D eigenvalue weighted by molar-refractivity contribution is 0.189. The molecule has 0 spiro atoms. The summed E-state index contributed by atoms with van der Waals surface area (Å²) in [6.07, 6.45) is 8.23. The maximum absolute atomic E-state index is 3.60. The molecule has 0 aliphatic carbocycles. The Bertz CT molecular complexity index is 164. The zero-order valence-electron chi connectivity index (χ0n) is 11.5. The predicted octanol–water partition coefficient (Wildman–Crippen LogP) is 3.03. The molecule has 0 radical (unpaired) electrons. The molecular weight excluding hydrogens is 196 g/mol. The molecule has 96 valence electrons. The zero-order valence-corrected chi connectivity index (χ0v) is 11.5. The standard InChI is InChI=1S/C14H30N2/c1-4-6-7-9-13(3)16(5-2)12-14-10-8-11-15-14/h13-15H,4-12H2,1-3H3. The van der Waals surface area contributed by atoms with Crippen LogP contribution in [0.1, 0.15) is 59.3 Å². The number of likely N-dealkylation sites (N-methyl/N-ethyl adjacent to an activating group) is 1. The fourth-order valence-electron chi connectivity index (χ4n) is 2.69. The van der Waals surface area contributed by atoms with Crippen molar-refractivity contribution in [3.8, 4) is 0 Å². The summed E-state index contributed by atoms with van der Waals surface area (Å²) in [5.41, 5.74) is 0. The fourth-order valence-corrected chi connectivity index (χ4v) is 2.69. The minimum Gasteiger partial charge on any atom is -0.313 e. The summed E-state index contributed by atoms with van der Waals surface area (Å²) < 4.78 is 0. The van der Waals surface area contributed by atoms with E-state index in [1.807, 2.05) is 0 Å². The Hall–Kier alpha value is -0.0800. The molecule has 1 N–H and O–H groups in total. The summed E-state index contributed by atoms with van der Waals surface area (Å²) in [5, 5.41) is 3.60. The summed E-state index contributed by atoms with van der Waals surface area (Å²) in [6, 6.07) is 1.52. The van der Waals surface area contributed by atoms with Crippen molar-refractivity contribution in [2.75, 3.05) is 19.6 Å². The largest absolute Gasteiger partial charge is 0.313 e. The van der Waals surface area contributed by atoms with Crippen LogP contribution in [0.2, 0.25) is 0 Å². The molecule has 2 unspecified atom stereocenters. The third-order valence-electron chi connectivity index (χ3n) is 3.87. The average Bonchev–Trinajstić information content (AvgIpc) is 2.78. The Balaban J connectivity index is 2.22. The number of rotatable bonds is 8. The van der Waals surface area contributed by atoms with Crippen LogP contribution in [0.3, 0.4) is 0 Å². The van der Waals surface area contributed by atoms with Gasteiger partial charge in [0.05, 0.1) is 0 Å². The first-order valence-corrected chi connectivity index (χ1v) is 7.25. The summed E-state index contributed by atoms with van der Waals surface area (Å²) in [5.74, 6) is 0. The second-order valence-corrected chi connectivity index (χ2v) is 5.23. The van der Waals surface area contributed by atoms with Crippen LogP contribution in [0.15, 0.2) is 0 Å². The van der Waals surface area contributed by atoms with Gasteiger partial charge in [0.25, 0.3) is 0 Å². The molecule has 1 saturated heterocycles. The Labute approximate surface area is 102 Å². The van der Waals surface area contributed by atoms with E-state index in [1.165, 1.54) is 58.2 Å². The van der Waals surface area contributed by atoms with Crippen molar-refractivity contribution in [2.24, 2.45) is 0 Å². The first-order valence-electron chi connectivity index (χ1n) is 7.25. The van der Waals surface area contributed by atoms with Crippen LogP contribution in [0, 0.1) is 0 Å². The highest BCUT2D eigenvalue weighted by Crippen LogP contribution is 2.13. The summed E-state index contributed by atoms with van der Waals surface area (Å²) in [7, 11) is 0. The highest BCUT2D eigenvalue weighted by atomic mass is 15.2. The van der Waals surface area contributed by atoms with Crippen molar-refractivity contribution in [3.05, 3.63) is 0 Å². The molecule has 1 aliphatic heterocycles. The van der Waals surface area contributed by atoms with Crippen molar-refractivity contribution in [2.45, 2.75) is 71.4 Å². The average molecular weight is 226 g/mol. The van der Waals surface area contributed by atoms with Gasteiger partial charge in [-0.2, -0.15) is 0 Å². The van der Waals surface area contributed by atoms with Crippen molar-refractivity contribution in [3.63, 3.8) is 0 Å². The lowest BCUT2D eigenvalue weighted by atomic mass is 10.1. The van der Waals surface area contributed by atoms with E-state index in [0.717, 1.165) is 12.1 Å². The van der Waals surface area contributed by atoms with Gasteiger partial charge in [-0.1, -0.05) is 33.1 Å². The van der Waals surface area contributed by atoms with Gasteiger partial charge in [0.15, 0.2) is 0 Å². The third kappa shape index (κ3) is 4.84. The number of hydrogen-bond donors (Lipinski definition) is 1. The molecule has 0 saturated carbocycles. The molecule has 0 aromatic carbocycles. The molecule has 0 aromatic heterocycles. The molecule has 2 nitrogen and oxygen atoms in total. The Morgan fingerprint density at radius 2 is 2.12 bits per heavy atom. The van der Waals surface area contributed by atoms with Crippen molar-refractivity contribution >= 4 is 0 Å². The van der Waals surface area contributed by atoms with Gasteiger partial charge in [-0.05, 0) is 39.3 Å². The van der Waals surface area contributed by atoms with Gasteiger partial charge in [0.2, 0.25) is 0 Å². The van der Waals surface area contributed by atoms with Crippen LogP contribution in [0.25, 0.3) is 0 Å². The van der Waals surface area contributed by atoms with Gasteiger partial charge in [-0.3, -0.25) is 4.90 Å². The molecule has 0 amide bonds. The Morgan fingerprint density at radius 3 is 2.69 bits per heavy atom. The maximum atomic E-state index is 3.60. The normalized spacial score (nSPS) is 22.9. The lowest BCUT2D eigenvalue weighted by Crippen LogP contribution is -2.42. The molecule has 2 atom stereocenters. The zero-order chi connectivity index (χ0) is 11.8. The monoisotopic (exact) mass is 226 g/mol. The van der Waals surface area contributed by atoms with E-state index >= 15 is 0 Å². The van der Waals surface area contributed by atoms with E-state index in [0.29, 0.717) is 0 Å². The molecule has 0 bridgehead atoms. The van der Waals surface area contributed by atoms with E-state index in [-0.39, 0.29) is 0 Å². The van der Waals surface area contributed by atoms with Crippen molar-refractivity contribution < 1.29 is 0 Å². The summed E-state index contributed by atoms with van der Waals surface area (Å²) in [6.45, 7) is 10.7. The minimum atomic E-state index is 0.758. The second kappa shape index (κ2) is 8.08.